The Kier molecular flexibility index (Phi) is 5.36. The summed E-state index contributed by atoms with van der Waals surface area (Å²) in [4.78, 5) is 12.4. The lowest BCUT2D eigenvalue weighted by Crippen LogP contribution is -2.23. The highest BCUT2D eigenvalue weighted by atomic mass is 35.5. The van der Waals surface area contributed by atoms with E-state index >= 15 is 0 Å². The van der Waals surface area contributed by atoms with Crippen LogP contribution < -0.4 is 15.6 Å². The zero-order valence-electron chi connectivity index (χ0n) is 13.8. The molecule has 1 heterocycles. The van der Waals surface area contributed by atoms with Gasteiger partial charge in [0.25, 0.3) is 5.56 Å². The zero-order chi connectivity index (χ0) is 17.6. The number of nitrogens with one attached hydrogen (secondary N) is 1. The molecule has 1 N–H and O–H groups in total. The van der Waals surface area contributed by atoms with Crippen molar-refractivity contribution < 1.29 is 4.74 Å². The fourth-order valence-electron chi connectivity index (χ4n) is 2.44. The molecule has 128 valence electrons. The van der Waals surface area contributed by atoms with Crippen LogP contribution in [0.1, 0.15) is 5.56 Å². The van der Waals surface area contributed by atoms with Gasteiger partial charge in [-0.1, -0.05) is 41.9 Å². The van der Waals surface area contributed by atoms with E-state index in [9.17, 15) is 4.79 Å². The minimum absolute atomic E-state index is 0.133. The van der Waals surface area contributed by atoms with E-state index in [1.165, 1.54) is 4.68 Å². The first-order valence-corrected chi connectivity index (χ1v) is 8.27. The third-order valence-electron chi connectivity index (χ3n) is 3.81. The molecule has 0 aliphatic heterocycles. The molecule has 0 spiro atoms. The van der Waals surface area contributed by atoms with Gasteiger partial charge in [0.15, 0.2) is 0 Å². The zero-order valence-corrected chi connectivity index (χ0v) is 14.5. The Balaban J connectivity index is 1.69. The molecule has 0 amide bonds. The molecular formula is C19H18ClN3O2. The molecule has 3 rings (SSSR count). The van der Waals surface area contributed by atoms with Gasteiger partial charge in [-0.2, -0.15) is 9.78 Å². The average molecular weight is 356 g/mol. The molecule has 0 fully saturated rings. The number of rotatable bonds is 6. The van der Waals surface area contributed by atoms with Crippen molar-refractivity contribution >= 4 is 17.3 Å². The molecule has 3 aromatic rings. The number of halogens is 1. The summed E-state index contributed by atoms with van der Waals surface area (Å²) in [6, 6.07) is 17.0. The first kappa shape index (κ1) is 17.0. The van der Waals surface area contributed by atoms with Crippen LogP contribution in [-0.2, 0) is 6.42 Å². The average Bonchev–Trinajstić information content (AvgIpc) is 2.66. The maximum absolute atomic E-state index is 12.4. The van der Waals surface area contributed by atoms with Crippen LogP contribution in [0.3, 0.4) is 0 Å². The third-order valence-corrected chi connectivity index (χ3v) is 4.17. The Hall–Kier alpha value is -2.79. The number of anilines is 1. The smallest absolute Gasteiger partial charge is 0.292 e. The predicted octanol–water partition coefficient (Wildman–Crippen LogP) is 3.55. The van der Waals surface area contributed by atoms with Gasteiger partial charge in [0, 0.05) is 6.54 Å². The van der Waals surface area contributed by atoms with Crippen LogP contribution in [0.25, 0.3) is 5.69 Å². The van der Waals surface area contributed by atoms with E-state index in [0.29, 0.717) is 17.9 Å². The van der Waals surface area contributed by atoms with Crippen LogP contribution in [-0.4, -0.2) is 23.4 Å². The van der Waals surface area contributed by atoms with Crippen molar-refractivity contribution in [1.82, 2.24) is 9.78 Å². The summed E-state index contributed by atoms with van der Waals surface area (Å²) in [5, 5.41) is 7.50. The van der Waals surface area contributed by atoms with E-state index < -0.39 is 0 Å². The first-order valence-electron chi connectivity index (χ1n) is 7.89. The SMILES string of the molecule is COc1ccc(CCNc2cnn(-c3ccccc3)c(=O)c2Cl)cc1. The van der Waals surface area contributed by atoms with E-state index in [4.69, 9.17) is 16.3 Å². The van der Waals surface area contributed by atoms with Crippen LogP contribution in [0.4, 0.5) is 5.69 Å². The van der Waals surface area contributed by atoms with Gasteiger partial charge in [-0.25, -0.2) is 0 Å². The Bertz CT molecular complexity index is 893. The Morgan fingerprint density at radius 2 is 1.84 bits per heavy atom. The van der Waals surface area contributed by atoms with Crippen molar-refractivity contribution in [3.8, 4) is 11.4 Å². The number of hydrogen-bond acceptors (Lipinski definition) is 4. The lowest BCUT2D eigenvalue weighted by atomic mass is 10.1. The number of hydrogen-bond donors (Lipinski definition) is 1. The number of ether oxygens (including phenoxy) is 1. The molecule has 0 unspecified atom stereocenters. The molecule has 0 radical (unpaired) electrons. The van der Waals surface area contributed by atoms with Crippen LogP contribution in [0.2, 0.25) is 5.02 Å². The molecule has 0 aliphatic rings. The van der Waals surface area contributed by atoms with Crippen molar-refractivity contribution in [2.24, 2.45) is 0 Å². The molecule has 0 saturated carbocycles. The van der Waals surface area contributed by atoms with Crippen molar-refractivity contribution in [2.45, 2.75) is 6.42 Å². The van der Waals surface area contributed by atoms with Gasteiger partial charge in [0.1, 0.15) is 10.8 Å². The maximum atomic E-state index is 12.4. The van der Waals surface area contributed by atoms with Crippen molar-refractivity contribution in [2.75, 3.05) is 19.0 Å². The second kappa shape index (κ2) is 7.85. The van der Waals surface area contributed by atoms with Gasteiger partial charge in [0.05, 0.1) is 24.7 Å². The van der Waals surface area contributed by atoms with Crippen molar-refractivity contribution in [1.29, 1.82) is 0 Å². The predicted molar refractivity (Wildman–Crippen MR) is 100 cm³/mol. The topological polar surface area (TPSA) is 56.1 Å². The summed E-state index contributed by atoms with van der Waals surface area (Å²) >= 11 is 6.22. The summed E-state index contributed by atoms with van der Waals surface area (Å²) < 4.78 is 6.43. The second-order valence-electron chi connectivity index (χ2n) is 5.45. The molecular weight excluding hydrogens is 338 g/mol. The number of methoxy groups -OCH3 is 1. The summed E-state index contributed by atoms with van der Waals surface area (Å²) in [6.07, 6.45) is 2.37. The number of para-hydroxylation sites is 1. The van der Waals surface area contributed by atoms with Gasteiger partial charge < -0.3 is 10.1 Å². The van der Waals surface area contributed by atoms with Gasteiger partial charge in [-0.05, 0) is 36.2 Å². The summed E-state index contributed by atoms with van der Waals surface area (Å²) in [5.41, 5.74) is 2.03. The molecule has 0 aliphatic carbocycles. The highest BCUT2D eigenvalue weighted by Crippen LogP contribution is 2.17. The molecule has 0 saturated heterocycles. The highest BCUT2D eigenvalue weighted by Gasteiger charge is 2.10. The lowest BCUT2D eigenvalue weighted by Gasteiger charge is -2.10. The Morgan fingerprint density at radius 1 is 1.12 bits per heavy atom. The normalized spacial score (nSPS) is 10.5. The van der Waals surface area contributed by atoms with E-state index in [1.807, 2.05) is 54.6 Å². The molecule has 6 heteroatoms. The molecule has 5 nitrogen and oxygen atoms in total. The molecule has 1 aromatic heterocycles. The molecule has 0 atom stereocenters. The molecule has 2 aromatic carbocycles. The monoisotopic (exact) mass is 355 g/mol. The number of nitrogens with zero attached hydrogens (tertiary/aromatic N) is 2. The third kappa shape index (κ3) is 4.00. The van der Waals surface area contributed by atoms with Crippen molar-refractivity contribution in [3.05, 3.63) is 81.7 Å². The number of aromatic nitrogens is 2. The van der Waals surface area contributed by atoms with Crippen LogP contribution in [0, 0.1) is 0 Å². The second-order valence-corrected chi connectivity index (χ2v) is 5.83. The van der Waals surface area contributed by atoms with Gasteiger partial charge in [-0.15, -0.1) is 0 Å². The Labute approximate surface area is 150 Å². The fraction of sp³-hybridized carbons (Fsp3) is 0.158. The quantitative estimate of drug-likeness (QED) is 0.734. The summed E-state index contributed by atoms with van der Waals surface area (Å²) in [5.74, 6) is 0.827. The van der Waals surface area contributed by atoms with Crippen LogP contribution in [0.5, 0.6) is 5.75 Å². The Morgan fingerprint density at radius 3 is 2.52 bits per heavy atom. The minimum atomic E-state index is -0.345. The fourth-order valence-corrected chi connectivity index (χ4v) is 2.64. The maximum Gasteiger partial charge on any atom is 0.292 e. The van der Waals surface area contributed by atoms with Gasteiger partial charge in [-0.3, -0.25) is 4.79 Å². The largest absolute Gasteiger partial charge is 0.497 e. The molecule has 25 heavy (non-hydrogen) atoms. The van der Waals surface area contributed by atoms with Crippen molar-refractivity contribution in [3.63, 3.8) is 0 Å². The number of benzene rings is 2. The molecule has 0 bridgehead atoms. The first-order chi connectivity index (χ1) is 12.2. The minimum Gasteiger partial charge on any atom is -0.497 e. The van der Waals surface area contributed by atoms with E-state index in [-0.39, 0.29) is 10.6 Å². The van der Waals surface area contributed by atoms with E-state index in [0.717, 1.165) is 17.7 Å². The van der Waals surface area contributed by atoms with Gasteiger partial charge >= 0.3 is 0 Å². The van der Waals surface area contributed by atoms with Crippen LogP contribution in [0.15, 0.2) is 65.6 Å². The summed E-state index contributed by atoms with van der Waals surface area (Å²) in [7, 11) is 1.64. The highest BCUT2D eigenvalue weighted by molar-refractivity contribution is 6.32. The van der Waals surface area contributed by atoms with Gasteiger partial charge in [0.2, 0.25) is 0 Å². The standard InChI is InChI=1S/C19H18ClN3O2/c1-25-16-9-7-14(8-10-16)11-12-21-17-13-22-23(19(24)18(17)20)15-5-3-2-4-6-15/h2-10,13,21H,11-12H2,1H3. The summed E-state index contributed by atoms with van der Waals surface area (Å²) in [6.45, 7) is 0.641. The van der Waals surface area contributed by atoms with E-state index in [2.05, 4.69) is 10.4 Å². The van der Waals surface area contributed by atoms with E-state index in [1.54, 1.807) is 13.3 Å². The lowest BCUT2D eigenvalue weighted by molar-refractivity contribution is 0.414. The van der Waals surface area contributed by atoms with Crippen LogP contribution >= 0.6 is 11.6 Å².